The quantitative estimate of drug-likeness (QED) is 0.371. The highest BCUT2D eigenvalue weighted by Crippen LogP contribution is 2.61. The molecule has 0 radical (unpaired) electrons. The first-order valence-corrected chi connectivity index (χ1v) is 15.5. The predicted octanol–water partition coefficient (Wildman–Crippen LogP) is 1.70. The van der Waals surface area contributed by atoms with Crippen molar-refractivity contribution in [2.24, 2.45) is 17.8 Å². The molecule has 0 aromatic rings. The van der Waals surface area contributed by atoms with Gasteiger partial charge in [0.2, 0.25) is 11.8 Å². The smallest absolute Gasteiger partial charge is 0.311 e. The van der Waals surface area contributed by atoms with Gasteiger partial charge in [-0.15, -0.1) is 11.8 Å². The van der Waals surface area contributed by atoms with Gasteiger partial charge in [0.1, 0.15) is 6.04 Å². The molecule has 1 N–H and O–H groups in total. The van der Waals surface area contributed by atoms with E-state index < -0.39 is 28.7 Å². The minimum atomic E-state index is -0.890. The summed E-state index contributed by atoms with van der Waals surface area (Å²) in [6.07, 6.45) is 11.4. The lowest BCUT2D eigenvalue weighted by Crippen LogP contribution is -2.57. The first kappa shape index (κ1) is 28.6. The van der Waals surface area contributed by atoms with E-state index in [1.165, 1.54) is 0 Å². The standard InChI is InChI=1S/C29H43N3O6S/c1-20(2)18-21(19-33)32-25-27(35)31(12-11-30-13-16-37-17-14-30)10-7-9-29(25)24(26(32)34)23-22(39-29)8-5-3-4-6-15-38-28(23)36/h5,7-9,20-25,33H,3-4,6,10-19H2,1-2H3/b8-5-/t21-,22-,23+,24+,25?,29+/m1/s1. The summed E-state index contributed by atoms with van der Waals surface area (Å²) in [5.74, 6) is -1.82. The molecule has 0 aliphatic carbocycles. The first-order chi connectivity index (χ1) is 18.9. The fraction of sp³-hybridized carbons (Fsp3) is 0.759. The van der Waals surface area contributed by atoms with Gasteiger partial charge in [-0.25, -0.2) is 0 Å². The Balaban J connectivity index is 1.52. The second-order valence-corrected chi connectivity index (χ2v) is 13.3. The SMILES string of the molecule is CC(C)C[C@H](CO)N1C(=O)[C@@H]2[C@H]3C(=O)OCCCC/C=C\[C@H]3S[C@@]23C=CCN(CCN2CCOCC2)C(=O)C13. The molecule has 1 unspecified atom stereocenters. The number of nitrogens with zero attached hydrogens (tertiary/aromatic N) is 3. The maximum atomic E-state index is 14.5. The number of fused-ring (bicyclic) bond motifs is 2. The van der Waals surface area contributed by atoms with Crippen molar-refractivity contribution in [1.82, 2.24) is 14.7 Å². The molecule has 0 aromatic heterocycles. The molecule has 10 heteroatoms. The van der Waals surface area contributed by atoms with Crippen LogP contribution in [0.2, 0.25) is 0 Å². The lowest BCUT2D eigenvalue weighted by Gasteiger charge is -2.39. The van der Waals surface area contributed by atoms with Crippen LogP contribution in [0.1, 0.15) is 39.5 Å². The van der Waals surface area contributed by atoms with Crippen molar-refractivity contribution in [3.63, 3.8) is 0 Å². The minimum Gasteiger partial charge on any atom is -0.465 e. The number of carbonyl (C=O) groups excluding carboxylic acids is 3. The second-order valence-electron chi connectivity index (χ2n) is 11.8. The van der Waals surface area contributed by atoms with E-state index in [1.54, 1.807) is 16.7 Å². The number of allylic oxidation sites excluding steroid dienone is 1. The zero-order valence-electron chi connectivity index (χ0n) is 23.2. The van der Waals surface area contributed by atoms with Gasteiger partial charge in [0.25, 0.3) is 0 Å². The summed E-state index contributed by atoms with van der Waals surface area (Å²) in [4.78, 5) is 48.1. The minimum absolute atomic E-state index is 0.0973. The average molecular weight is 562 g/mol. The Kier molecular flexibility index (Phi) is 9.05. The van der Waals surface area contributed by atoms with Gasteiger partial charge in [-0.3, -0.25) is 19.3 Å². The number of hydrogen-bond acceptors (Lipinski definition) is 8. The number of cyclic esters (lactones) is 1. The number of aliphatic hydroxyl groups is 1. The van der Waals surface area contributed by atoms with Crippen LogP contribution < -0.4 is 0 Å². The van der Waals surface area contributed by atoms with Crippen LogP contribution in [0, 0.1) is 17.8 Å². The normalized spacial score (nSPS) is 35.3. The Morgan fingerprint density at radius 1 is 1.08 bits per heavy atom. The Hall–Kier alpha value is -1.88. The van der Waals surface area contributed by atoms with Gasteiger partial charge in [0.05, 0.1) is 49.1 Å². The monoisotopic (exact) mass is 561 g/mol. The van der Waals surface area contributed by atoms with Crippen molar-refractivity contribution >= 4 is 29.5 Å². The van der Waals surface area contributed by atoms with Gasteiger partial charge in [0.15, 0.2) is 0 Å². The molecule has 216 valence electrons. The zero-order chi connectivity index (χ0) is 27.6. The molecule has 3 saturated heterocycles. The Morgan fingerprint density at radius 3 is 2.62 bits per heavy atom. The molecule has 2 amide bonds. The third kappa shape index (κ3) is 5.54. The van der Waals surface area contributed by atoms with Crippen molar-refractivity contribution in [2.45, 2.75) is 61.6 Å². The van der Waals surface area contributed by atoms with Crippen molar-refractivity contribution in [2.75, 3.05) is 59.2 Å². The molecule has 3 fully saturated rings. The van der Waals surface area contributed by atoms with Crippen LogP contribution in [0.15, 0.2) is 24.3 Å². The highest BCUT2D eigenvalue weighted by molar-refractivity contribution is 8.02. The van der Waals surface area contributed by atoms with Crippen LogP contribution >= 0.6 is 11.8 Å². The van der Waals surface area contributed by atoms with Crippen molar-refractivity contribution in [3.8, 4) is 0 Å². The maximum absolute atomic E-state index is 14.5. The highest BCUT2D eigenvalue weighted by Gasteiger charge is 2.71. The Bertz CT molecular complexity index is 982. The van der Waals surface area contributed by atoms with E-state index in [4.69, 9.17) is 9.47 Å². The molecule has 6 atom stereocenters. The van der Waals surface area contributed by atoms with E-state index in [-0.39, 0.29) is 35.6 Å². The summed E-state index contributed by atoms with van der Waals surface area (Å²) in [5.41, 5.74) is 0. The molecule has 5 aliphatic heterocycles. The number of hydrogen-bond donors (Lipinski definition) is 1. The number of rotatable bonds is 7. The lowest BCUT2D eigenvalue weighted by atomic mass is 9.78. The van der Waals surface area contributed by atoms with E-state index in [0.717, 1.165) is 38.9 Å². The fourth-order valence-corrected chi connectivity index (χ4v) is 8.89. The molecule has 1 spiro atoms. The summed E-state index contributed by atoms with van der Waals surface area (Å²) in [5, 5.41) is 10.2. The van der Waals surface area contributed by atoms with Gasteiger partial charge in [-0.1, -0.05) is 38.2 Å². The summed E-state index contributed by atoms with van der Waals surface area (Å²) in [7, 11) is 0. The number of likely N-dealkylation sites (tertiary alicyclic amines) is 1. The van der Waals surface area contributed by atoms with Crippen LogP contribution in [0.4, 0.5) is 0 Å². The molecule has 9 nitrogen and oxygen atoms in total. The third-order valence-electron chi connectivity index (χ3n) is 8.76. The molecule has 39 heavy (non-hydrogen) atoms. The van der Waals surface area contributed by atoms with Crippen molar-refractivity contribution in [3.05, 3.63) is 24.3 Å². The van der Waals surface area contributed by atoms with E-state index in [2.05, 4.69) is 30.9 Å². The first-order valence-electron chi connectivity index (χ1n) is 14.6. The molecule has 5 rings (SSSR count). The summed E-state index contributed by atoms with van der Waals surface area (Å²) < 4.78 is 10.3. The number of morpholine rings is 1. The van der Waals surface area contributed by atoms with Gasteiger partial charge >= 0.3 is 5.97 Å². The van der Waals surface area contributed by atoms with E-state index in [1.807, 2.05) is 17.1 Å². The Morgan fingerprint density at radius 2 is 1.87 bits per heavy atom. The van der Waals surface area contributed by atoms with Gasteiger partial charge in [-0.2, -0.15) is 0 Å². The molecular formula is C29H43N3O6S. The van der Waals surface area contributed by atoms with Gasteiger partial charge < -0.3 is 24.4 Å². The molecule has 0 saturated carbocycles. The third-order valence-corrected chi connectivity index (χ3v) is 10.5. The second kappa shape index (κ2) is 12.3. The molecule has 0 aromatic carbocycles. The van der Waals surface area contributed by atoms with E-state index >= 15 is 0 Å². The zero-order valence-corrected chi connectivity index (χ0v) is 24.0. The average Bonchev–Trinajstić information content (AvgIpc) is 3.32. The number of carbonyl (C=O) groups is 3. The van der Waals surface area contributed by atoms with Crippen molar-refractivity contribution in [1.29, 1.82) is 0 Å². The van der Waals surface area contributed by atoms with E-state index in [9.17, 15) is 19.5 Å². The lowest BCUT2D eigenvalue weighted by molar-refractivity contribution is -0.154. The number of thioether (sulfide) groups is 1. The summed E-state index contributed by atoms with van der Waals surface area (Å²) >= 11 is 1.57. The highest BCUT2D eigenvalue weighted by atomic mass is 32.2. The van der Waals surface area contributed by atoms with Gasteiger partial charge in [-0.05, 0) is 31.6 Å². The van der Waals surface area contributed by atoms with Crippen LogP contribution in [-0.4, -0.2) is 119 Å². The van der Waals surface area contributed by atoms with E-state index in [0.29, 0.717) is 39.3 Å². The fourth-order valence-electron chi connectivity index (χ4n) is 6.90. The Labute approximate surface area is 235 Å². The van der Waals surface area contributed by atoms with Crippen LogP contribution in [0.25, 0.3) is 0 Å². The van der Waals surface area contributed by atoms with Gasteiger partial charge in [0, 0.05) is 38.0 Å². The van der Waals surface area contributed by atoms with Crippen LogP contribution in [-0.2, 0) is 23.9 Å². The van der Waals surface area contributed by atoms with Crippen LogP contribution in [0.5, 0.6) is 0 Å². The summed E-state index contributed by atoms with van der Waals surface area (Å²) in [6, 6.07) is -1.27. The maximum Gasteiger partial charge on any atom is 0.311 e. The predicted molar refractivity (Wildman–Crippen MR) is 149 cm³/mol. The van der Waals surface area contributed by atoms with Crippen LogP contribution in [0.3, 0.4) is 0 Å². The number of amides is 2. The molecular weight excluding hydrogens is 518 g/mol. The largest absolute Gasteiger partial charge is 0.465 e. The van der Waals surface area contributed by atoms with Crippen molar-refractivity contribution < 1.29 is 29.0 Å². The number of aliphatic hydroxyl groups excluding tert-OH is 1. The molecule has 0 bridgehead atoms. The summed E-state index contributed by atoms with van der Waals surface area (Å²) in [6.45, 7) is 9.04. The number of esters is 1. The number of ether oxygens (including phenoxy) is 2. The molecule has 5 aliphatic rings. The topological polar surface area (TPSA) is 99.6 Å². The molecule has 5 heterocycles.